The van der Waals surface area contributed by atoms with Crippen molar-refractivity contribution in [2.24, 2.45) is 0 Å². The highest BCUT2D eigenvalue weighted by Gasteiger charge is 2.23. The molecule has 0 saturated heterocycles. The van der Waals surface area contributed by atoms with Crippen molar-refractivity contribution >= 4 is 39.2 Å². The van der Waals surface area contributed by atoms with Gasteiger partial charge in [-0.25, -0.2) is 10.5 Å². The molecule has 23 heavy (non-hydrogen) atoms. The van der Waals surface area contributed by atoms with Gasteiger partial charge in [0.2, 0.25) is 0 Å². The molecule has 0 bridgehead atoms. The summed E-state index contributed by atoms with van der Waals surface area (Å²) in [6, 6.07) is 15.0. The summed E-state index contributed by atoms with van der Waals surface area (Å²) in [5, 5.41) is 8.44. The van der Waals surface area contributed by atoms with Gasteiger partial charge in [0.1, 0.15) is 11.0 Å². The molecule has 0 radical (unpaired) electrons. The number of hydrogen-bond acceptors (Lipinski definition) is 6. The molecule has 1 atom stereocenters. The highest BCUT2D eigenvalue weighted by Crippen LogP contribution is 2.39. The summed E-state index contributed by atoms with van der Waals surface area (Å²) in [5.74, 6) is 0.269. The summed E-state index contributed by atoms with van der Waals surface area (Å²) in [4.78, 5) is 16.6. The van der Waals surface area contributed by atoms with Gasteiger partial charge in [0, 0.05) is 6.07 Å². The van der Waals surface area contributed by atoms with Crippen molar-refractivity contribution in [2.45, 2.75) is 9.59 Å². The normalized spacial score (nSPS) is 12.1. The van der Waals surface area contributed by atoms with Gasteiger partial charge < -0.3 is 4.74 Å². The van der Waals surface area contributed by atoms with E-state index in [1.165, 1.54) is 23.1 Å². The van der Waals surface area contributed by atoms with Crippen LogP contribution in [0.5, 0.6) is 5.75 Å². The number of rotatable bonds is 5. The zero-order valence-corrected chi connectivity index (χ0v) is 13.9. The number of methoxy groups -OCH3 is 1. The first-order valence-electron chi connectivity index (χ1n) is 6.81. The second-order valence-electron chi connectivity index (χ2n) is 4.70. The highest BCUT2D eigenvalue weighted by molar-refractivity contribution is 8.02. The molecule has 0 aliphatic rings. The molecule has 7 heteroatoms. The van der Waals surface area contributed by atoms with Crippen LogP contribution in [0, 0.1) is 0 Å². The number of benzene rings is 2. The fourth-order valence-corrected chi connectivity index (χ4v) is 4.36. The van der Waals surface area contributed by atoms with Gasteiger partial charge in [-0.2, -0.15) is 0 Å². The standard InChI is InChI=1S/C16H14N2O3S2/c1-21-11-7-8-13-12(9-11)17-16(22-13)23-14(15(19)18-20)10-5-3-2-4-6-10/h2-9,14,20H,1H3,(H,18,19). The predicted octanol–water partition coefficient (Wildman–Crippen LogP) is 3.64. The molecule has 2 N–H and O–H groups in total. The van der Waals surface area contributed by atoms with E-state index in [0.29, 0.717) is 0 Å². The van der Waals surface area contributed by atoms with Crippen LogP contribution >= 0.6 is 23.1 Å². The van der Waals surface area contributed by atoms with Gasteiger partial charge in [0.05, 0.1) is 17.3 Å². The maximum Gasteiger partial charge on any atom is 0.261 e. The molecule has 0 spiro atoms. The minimum absolute atomic E-state index is 0.474. The number of hydrogen-bond donors (Lipinski definition) is 2. The molecular formula is C16H14N2O3S2. The Balaban J connectivity index is 1.92. The molecule has 118 valence electrons. The van der Waals surface area contributed by atoms with Crippen LogP contribution in [-0.2, 0) is 4.79 Å². The van der Waals surface area contributed by atoms with E-state index < -0.39 is 11.2 Å². The van der Waals surface area contributed by atoms with E-state index in [9.17, 15) is 4.79 Å². The quantitative estimate of drug-likeness (QED) is 0.419. The van der Waals surface area contributed by atoms with Crippen molar-refractivity contribution < 1.29 is 14.7 Å². The number of amides is 1. The first kappa shape index (κ1) is 15.8. The van der Waals surface area contributed by atoms with Gasteiger partial charge in [-0.15, -0.1) is 11.3 Å². The lowest BCUT2D eigenvalue weighted by Crippen LogP contribution is -2.24. The zero-order chi connectivity index (χ0) is 16.2. The average molecular weight is 346 g/mol. The number of thiazole rings is 1. The smallest absolute Gasteiger partial charge is 0.261 e. The number of fused-ring (bicyclic) bond motifs is 1. The number of nitrogens with zero attached hydrogens (tertiary/aromatic N) is 1. The zero-order valence-electron chi connectivity index (χ0n) is 12.2. The van der Waals surface area contributed by atoms with Crippen molar-refractivity contribution in [2.75, 3.05) is 7.11 Å². The van der Waals surface area contributed by atoms with E-state index in [1.54, 1.807) is 12.6 Å². The number of aromatic nitrogens is 1. The van der Waals surface area contributed by atoms with E-state index in [1.807, 2.05) is 48.5 Å². The van der Waals surface area contributed by atoms with Crippen molar-refractivity contribution in [3.63, 3.8) is 0 Å². The largest absolute Gasteiger partial charge is 0.497 e. The molecule has 0 saturated carbocycles. The number of carbonyl (C=O) groups is 1. The van der Waals surface area contributed by atoms with Crippen molar-refractivity contribution in [3.8, 4) is 5.75 Å². The molecule has 3 aromatic rings. The average Bonchev–Trinajstić information content (AvgIpc) is 3.01. The second-order valence-corrected chi connectivity index (χ2v) is 7.08. The van der Waals surface area contributed by atoms with Gasteiger partial charge >= 0.3 is 0 Å². The molecule has 1 unspecified atom stereocenters. The van der Waals surface area contributed by atoms with Crippen LogP contribution in [0.1, 0.15) is 10.8 Å². The van der Waals surface area contributed by atoms with Crippen LogP contribution in [-0.4, -0.2) is 23.2 Å². The van der Waals surface area contributed by atoms with Crippen LogP contribution in [0.4, 0.5) is 0 Å². The predicted molar refractivity (Wildman–Crippen MR) is 91.1 cm³/mol. The minimum atomic E-state index is -0.566. The molecule has 3 rings (SSSR count). The van der Waals surface area contributed by atoms with Crippen LogP contribution < -0.4 is 10.2 Å². The fourth-order valence-electron chi connectivity index (χ4n) is 2.12. The Morgan fingerprint density at radius 1 is 1.30 bits per heavy atom. The summed E-state index contributed by atoms with van der Waals surface area (Å²) in [6.07, 6.45) is 0. The van der Waals surface area contributed by atoms with E-state index in [-0.39, 0.29) is 0 Å². The number of carbonyl (C=O) groups excluding carboxylic acids is 1. The Labute approximate surface area is 141 Å². The van der Waals surface area contributed by atoms with Crippen molar-refractivity contribution in [1.29, 1.82) is 0 Å². The first-order chi connectivity index (χ1) is 11.2. The molecule has 5 nitrogen and oxygen atoms in total. The van der Waals surface area contributed by atoms with Crippen LogP contribution in [0.2, 0.25) is 0 Å². The number of hydroxylamine groups is 1. The Bertz CT molecular complexity index is 821. The third kappa shape index (κ3) is 3.47. The molecule has 2 aromatic carbocycles. The Morgan fingerprint density at radius 3 is 2.78 bits per heavy atom. The van der Waals surface area contributed by atoms with E-state index in [0.717, 1.165) is 25.9 Å². The Hall–Kier alpha value is -2.09. The van der Waals surface area contributed by atoms with Crippen LogP contribution in [0.25, 0.3) is 10.2 Å². The van der Waals surface area contributed by atoms with Crippen molar-refractivity contribution in [1.82, 2.24) is 10.5 Å². The fraction of sp³-hybridized carbons (Fsp3) is 0.125. The first-order valence-corrected chi connectivity index (χ1v) is 8.51. The Morgan fingerprint density at radius 2 is 2.09 bits per heavy atom. The third-order valence-electron chi connectivity index (χ3n) is 3.24. The summed E-state index contributed by atoms with van der Waals surface area (Å²) in [6.45, 7) is 0. The monoisotopic (exact) mass is 346 g/mol. The van der Waals surface area contributed by atoms with Crippen LogP contribution in [0.15, 0.2) is 52.9 Å². The molecule has 1 amide bonds. The highest BCUT2D eigenvalue weighted by atomic mass is 32.2. The van der Waals surface area contributed by atoms with Gasteiger partial charge in [-0.05, 0) is 17.7 Å². The molecule has 0 aliphatic carbocycles. The topological polar surface area (TPSA) is 71.5 Å². The summed E-state index contributed by atoms with van der Waals surface area (Å²) in [5.41, 5.74) is 3.37. The number of ether oxygens (including phenoxy) is 1. The number of thioether (sulfide) groups is 1. The van der Waals surface area contributed by atoms with Gasteiger partial charge in [-0.1, -0.05) is 42.1 Å². The minimum Gasteiger partial charge on any atom is -0.497 e. The van der Waals surface area contributed by atoms with Crippen molar-refractivity contribution in [3.05, 3.63) is 54.1 Å². The third-order valence-corrected chi connectivity index (χ3v) is 5.63. The lowest BCUT2D eigenvalue weighted by atomic mass is 10.1. The molecular weight excluding hydrogens is 332 g/mol. The summed E-state index contributed by atoms with van der Waals surface area (Å²) in [7, 11) is 1.61. The van der Waals surface area contributed by atoms with Gasteiger partial charge in [0.25, 0.3) is 5.91 Å². The molecule has 0 aliphatic heterocycles. The van der Waals surface area contributed by atoms with Gasteiger partial charge in [0.15, 0.2) is 4.34 Å². The van der Waals surface area contributed by atoms with E-state index >= 15 is 0 Å². The molecule has 0 fully saturated rings. The summed E-state index contributed by atoms with van der Waals surface area (Å²) >= 11 is 2.81. The maximum atomic E-state index is 12.0. The second kappa shape index (κ2) is 6.99. The SMILES string of the molecule is COc1ccc2sc(SC(C(=O)NO)c3ccccc3)nc2c1. The number of nitrogens with one attached hydrogen (secondary N) is 1. The van der Waals surface area contributed by atoms with Crippen LogP contribution in [0.3, 0.4) is 0 Å². The summed E-state index contributed by atoms with van der Waals surface area (Å²) < 4.78 is 6.97. The molecule has 1 aromatic heterocycles. The molecule has 1 heterocycles. The van der Waals surface area contributed by atoms with E-state index in [4.69, 9.17) is 9.94 Å². The van der Waals surface area contributed by atoms with Gasteiger partial charge in [-0.3, -0.25) is 10.0 Å². The maximum absolute atomic E-state index is 12.0. The Kier molecular flexibility index (Phi) is 4.80. The van der Waals surface area contributed by atoms with E-state index in [2.05, 4.69) is 4.98 Å². The lowest BCUT2D eigenvalue weighted by molar-refractivity contribution is -0.128. The lowest BCUT2D eigenvalue weighted by Gasteiger charge is -2.12.